The topological polar surface area (TPSA) is 37.0 Å². The first kappa shape index (κ1) is 20.1. The molecule has 2 heterocycles. The zero-order valence-corrected chi connectivity index (χ0v) is 17.8. The summed E-state index contributed by atoms with van der Waals surface area (Å²) in [6, 6.07) is 1.56. The van der Waals surface area contributed by atoms with Crippen molar-refractivity contribution in [1.82, 2.24) is 15.1 Å². The maximum atomic E-state index is 6.22. The first-order valence-electron chi connectivity index (χ1n) is 11.4. The molecule has 0 aromatic carbocycles. The fourth-order valence-corrected chi connectivity index (χ4v) is 5.50. The highest BCUT2D eigenvalue weighted by atomic mass is 16.5. The van der Waals surface area contributed by atoms with Crippen molar-refractivity contribution < 1.29 is 9.47 Å². The minimum absolute atomic E-state index is 0.267. The molecular formula is C22H41N3O2. The third-order valence-corrected chi connectivity index (χ3v) is 7.64. The molecule has 1 N–H and O–H groups in total. The zero-order chi connectivity index (χ0) is 18.9. The Bertz CT molecular complexity index is 466. The molecule has 2 saturated carbocycles. The molecule has 0 spiro atoms. The summed E-state index contributed by atoms with van der Waals surface area (Å²) < 4.78 is 11.6. The highest BCUT2D eigenvalue weighted by molar-refractivity contribution is 4.95. The Morgan fingerprint density at radius 1 is 0.926 bits per heavy atom. The zero-order valence-electron chi connectivity index (χ0n) is 17.8. The first-order chi connectivity index (χ1) is 13.0. The number of hydrogen-bond acceptors (Lipinski definition) is 5. The highest BCUT2D eigenvalue weighted by Gasteiger charge is 2.38. The maximum absolute atomic E-state index is 6.22. The van der Waals surface area contributed by atoms with Crippen molar-refractivity contribution in [1.29, 1.82) is 0 Å². The number of piperazine rings is 1. The first-order valence-corrected chi connectivity index (χ1v) is 11.4. The number of likely N-dealkylation sites (tertiary alicyclic amines) is 1. The molecule has 0 aromatic heterocycles. The second-order valence-electron chi connectivity index (χ2n) is 10.2. The van der Waals surface area contributed by atoms with Gasteiger partial charge in [0, 0.05) is 51.0 Å². The number of nitrogens with one attached hydrogen (secondary N) is 1. The molecule has 27 heavy (non-hydrogen) atoms. The van der Waals surface area contributed by atoms with Gasteiger partial charge in [-0.25, -0.2) is 0 Å². The molecule has 4 rings (SSSR count). The van der Waals surface area contributed by atoms with Gasteiger partial charge in [0.2, 0.25) is 0 Å². The van der Waals surface area contributed by atoms with E-state index >= 15 is 0 Å². The lowest BCUT2D eigenvalue weighted by molar-refractivity contribution is -0.0669. The maximum Gasteiger partial charge on any atom is 0.0605 e. The number of ether oxygens (including phenoxy) is 2. The van der Waals surface area contributed by atoms with Crippen LogP contribution >= 0.6 is 0 Å². The standard InChI is InChI=1S/C22H41N3O2/c1-22(2)16-25(10-7-23-22)19-14-21(15-19)27-11-6-17-4-8-24(9-5-17)18-12-20(13-18)26-3/h17-21,23H,4-16H2,1-3H3. The van der Waals surface area contributed by atoms with Crippen LogP contribution in [0.25, 0.3) is 0 Å². The lowest BCUT2D eigenvalue weighted by Crippen LogP contribution is -2.62. The van der Waals surface area contributed by atoms with Crippen molar-refractivity contribution in [2.75, 3.05) is 46.4 Å². The summed E-state index contributed by atoms with van der Waals surface area (Å²) in [5.74, 6) is 0.879. The van der Waals surface area contributed by atoms with Crippen molar-refractivity contribution in [3.05, 3.63) is 0 Å². The van der Waals surface area contributed by atoms with Crippen molar-refractivity contribution in [3.63, 3.8) is 0 Å². The molecule has 2 aliphatic heterocycles. The Morgan fingerprint density at radius 2 is 1.59 bits per heavy atom. The minimum Gasteiger partial charge on any atom is -0.381 e. The molecule has 4 aliphatic rings. The molecular weight excluding hydrogens is 338 g/mol. The largest absolute Gasteiger partial charge is 0.381 e. The van der Waals surface area contributed by atoms with Gasteiger partial charge < -0.3 is 19.7 Å². The lowest BCUT2D eigenvalue weighted by Gasteiger charge is -2.48. The average Bonchev–Trinajstić information content (AvgIpc) is 2.56. The quantitative estimate of drug-likeness (QED) is 0.736. The monoisotopic (exact) mass is 379 g/mol. The molecule has 2 aliphatic carbocycles. The van der Waals surface area contributed by atoms with Gasteiger partial charge >= 0.3 is 0 Å². The van der Waals surface area contributed by atoms with Crippen LogP contribution in [0.4, 0.5) is 0 Å². The summed E-state index contributed by atoms with van der Waals surface area (Å²) in [7, 11) is 1.85. The fraction of sp³-hybridized carbons (Fsp3) is 1.00. The SMILES string of the molecule is COC1CC(N2CCC(CCOC3CC(N4CCNC(C)(C)C4)C3)CC2)C1. The van der Waals surface area contributed by atoms with Crippen molar-refractivity contribution in [3.8, 4) is 0 Å². The third kappa shape index (κ3) is 5.05. The van der Waals surface area contributed by atoms with Crippen LogP contribution in [-0.2, 0) is 9.47 Å². The molecule has 0 unspecified atom stereocenters. The van der Waals surface area contributed by atoms with E-state index in [-0.39, 0.29) is 5.54 Å². The van der Waals surface area contributed by atoms with Crippen molar-refractivity contribution in [2.24, 2.45) is 5.92 Å². The second kappa shape index (κ2) is 8.66. The van der Waals surface area contributed by atoms with Gasteiger partial charge in [0.1, 0.15) is 0 Å². The van der Waals surface area contributed by atoms with Gasteiger partial charge in [-0.15, -0.1) is 0 Å². The molecule has 4 fully saturated rings. The van der Waals surface area contributed by atoms with Gasteiger partial charge in [-0.1, -0.05) is 0 Å². The Hall–Kier alpha value is -0.200. The Morgan fingerprint density at radius 3 is 2.26 bits per heavy atom. The van der Waals surface area contributed by atoms with Crippen LogP contribution in [0, 0.1) is 5.92 Å². The van der Waals surface area contributed by atoms with Gasteiger partial charge in [0.15, 0.2) is 0 Å². The Balaban J connectivity index is 1.05. The number of methoxy groups -OCH3 is 1. The molecule has 0 atom stereocenters. The Kier molecular flexibility index (Phi) is 6.44. The molecule has 0 aromatic rings. The van der Waals surface area contributed by atoms with Gasteiger partial charge in [-0.05, 0) is 77.8 Å². The molecule has 0 amide bonds. The second-order valence-corrected chi connectivity index (χ2v) is 10.2. The molecule has 2 saturated heterocycles. The average molecular weight is 380 g/mol. The minimum atomic E-state index is 0.267. The van der Waals surface area contributed by atoms with Gasteiger partial charge in [0.25, 0.3) is 0 Å². The number of piperidine rings is 1. The van der Waals surface area contributed by atoms with E-state index in [1.807, 2.05) is 7.11 Å². The third-order valence-electron chi connectivity index (χ3n) is 7.64. The summed E-state index contributed by atoms with van der Waals surface area (Å²) in [5, 5.41) is 3.61. The van der Waals surface area contributed by atoms with Crippen LogP contribution in [0.15, 0.2) is 0 Å². The summed E-state index contributed by atoms with van der Waals surface area (Å²) in [6.45, 7) is 11.7. The van der Waals surface area contributed by atoms with Crippen LogP contribution in [0.2, 0.25) is 0 Å². The predicted octanol–water partition coefficient (Wildman–Crippen LogP) is 2.50. The van der Waals surface area contributed by atoms with Gasteiger partial charge in [-0.3, -0.25) is 4.90 Å². The van der Waals surface area contributed by atoms with Crippen molar-refractivity contribution in [2.45, 2.75) is 88.6 Å². The molecule has 156 valence electrons. The summed E-state index contributed by atoms with van der Waals surface area (Å²) in [6.07, 6.45) is 10.0. The van der Waals surface area contributed by atoms with Gasteiger partial charge in [0.05, 0.1) is 12.2 Å². The van der Waals surface area contributed by atoms with E-state index in [0.29, 0.717) is 12.2 Å². The normalized spacial score (nSPS) is 38.3. The van der Waals surface area contributed by atoms with Crippen LogP contribution in [0.1, 0.15) is 58.8 Å². The van der Waals surface area contributed by atoms with E-state index in [9.17, 15) is 0 Å². The van der Waals surface area contributed by atoms with E-state index in [0.717, 1.165) is 31.2 Å². The van der Waals surface area contributed by atoms with E-state index in [1.165, 1.54) is 71.1 Å². The molecule has 5 heteroatoms. The number of nitrogens with zero attached hydrogens (tertiary/aromatic N) is 2. The Labute approximate surface area is 166 Å². The van der Waals surface area contributed by atoms with E-state index in [2.05, 4.69) is 29.0 Å². The van der Waals surface area contributed by atoms with Crippen LogP contribution in [-0.4, -0.2) is 86.1 Å². The summed E-state index contributed by atoms with van der Waals surface area (Å²) >= 11 is 0. The molecule has 5 nitrogen and oxygen atoms in total. The highest BCUT2D eigenvalue weighted by Crippen LogP contribution is 2.33. The molecule has 0 bridgehead atoms. The fourth-order valence-electron chi connectivity index (χ4n) is 5.50. The van der Waals surface area contributed by atoms with Gasteiger partial charge in [-0.2, -0.15) is 0 Å². The lowest BCUT2D eigenvalue weighted by atomic mass is 9.84. The summed E-state index contributed by atoms with van der Waals surface area (Å²) in [4.78, 5) is 5.39. The smallest absolute Gasteiger partial charge is 0.0605 e. The van der Waals surface area contributed by atoms with E-state index < -0.39 is 0 Å². The van der Waals surface area contributed by atoms with E-state index in [4.69, 9.17) is 9.47 Å². The van der Waals surface area contributed by atoms with Crippen LogP contribution in [0.3, 0.4) is 0 Å². The van der Waals surface area contributed by atoms with Crippen molar-refractivity contribution >= 4 is 0 Å². The number of rotatable bonds is 7. The predicted molar refractivity (Wildman–Crippen MR) is 109 cm³/mol. The molecule has 0 radical (unpaired) electrons. The summed E-state index contributed by atoms with van der Waals surface area (Å²) in [5.41, 5.74) is 0.267. The van der Waals surface area contributed by atoms with Crippen LogP contribution in [0.5, 0.6) is 0 Å². The number of hydrogen-bond donors (Lipinski definition) is 1. The van der Waals surface area contributed by atoms with Crippen LogP contribution < -0.4 is 5.32 Å². The van der Waals surface area contributed by atoms with E-state index in [1.54, 1.807) is 0 Å².